The number of aryl methyl sites for hydroxylation is 1. The topological polar surface area (TPSA) is 72.2 Å². The highest BCUT2D eigenvalue weighted by atomic mass is 32.2. The van der Waals surface area contributed by atoms with Crippen molar-refractivity contribution in [3.05, 3.63) is 53.4 Å². The van der Waals surface area contributed by atoms with E-state index in [9.17, 15) is 8.42 Å². The van der Waals surface area contributed by atoms with Crippen LogP contribution >= 0.6 is 11.3 Å². The smallest absolute Gasteiger partial charge is 0.251 e. The maximum Gasteiger partial charge on any atom is 0.251 e. The molecule has 2 rings (SSSR count). The molecule has 0 saturated carbocycles. The first-order valence-corrected chi connectivity index (χ1v) is 9.60. The van der Waals surface area contributed by atoms with Crippen LogP contribution < -0.4 is 10.5 Å². The Kier molecular flexibility index (Phi) is 5.39. The number of sulfonamides is 1. The summed E-state index contributed by atoms with van der Waals surface area (Å²) in [6.45, 7) is 3.86. The van der Waals surface area contributed by atoms with E-state index in [-0.39, 0.29) is 5.92 Å². The molecule has 3 N–H and O–H groups in total. The maximum atomic E-state index is 12.4. The lowest BCUT2D eigenvalue weighted by Gasteiger charge is -2.34. The fourth-order valence-corrected chi connectivity index (χ4v) is 4.61. The number of hydrogen-bond donors (Lipinski definition) is 2. The van der Waals surface area contributed by atoms with E-state index in [4.69, 9.17) is 5.73 Å². The molecule has 0 amide bonds. The van der Waals surface area contributed by atoms with Gasteiger partial charge in [-0.25, -0.2) is 8.42 Å². The van der Waals surface area contributed by atoms with Gasteiger partial charge in [-0.05, 0) is 35.8 Å². The minimum atomic E-state index is -3.58. The lowest BCUT2D eigenvalue weighted by Crippen LogP contribution is -2.59. The molecule has 0 aliphatic rings. The molecule has 0 aliphatic heterocycles. The van der Waals surface area contributed by atoms with Crippen molar-refractivity contribution >= 4 is 21.4 Å². The second kappa shape index (κ2) is 6.91. The highest BCUT2D eigenvalue weighted by molar-refractivity contribution is 7.91. The number of rotatable bonds is 7. The Bertz CT molecular complexity index is 682. The van der Waals surface area contributed by atoms with Gasteiger partial charge in [-0.1, -0.05) is 50.2 Å². The monoisotopic (exact) mass is 338 g/mol. The van der Waals surface area contributed by atoms with Crippen LogP contribution in [0.25, 0.3) is 0 Å². The van der Waals surface area contributed by atoms with Crippen LogP contribution in [0.4, 0.5) is 0 Å². The molecule has 0 radical (unpaired) electrons. The average Bonchev–Trinajstić information content (AvgIpc) is 3.01. The Morgan fingerprint density at radius 1 is 1.18 bits per heavy atom. The Balaban J connectivity index is 2.14. The normalized spacial score (nSPS) is 14.9. The number of hydrogen-bond acceptors (Lipinski definition) is 4. The standard InChI is InChI=1S/C16H22N2O2S2/c1-13(2)16(17,11-10-14-7-4-3-5-8-14)18-22(19,20)15-9-6-12-21-15/h3-9,12-13,18H,10-11,17H2,1-2H3. The van der Waals surface area contributed by atoms with Gasteiger partial charge in [0.1, 0.15) is 4.21 Å². The van der Waals surface area contributed by atoms with Crippen molar-refractivity contribution in [1.29, 1.82) is 0 Å². The molecule has 0 aliphatic carbocycles. The fraction of sp³-hybridized carbons (Fsp3) is 0.375. The summed E-state index contributed by atoms with van der Waals surface area (Å²) < 4.78 is 27.9. The second-order valence-corrected chi connectivity index (χ2v) is 8.58. The lowest BCUT2D eigenvalue weighted by molar-refractivity contribution is 0.267. The van der Waals surface area contributed by atoms with Crippen molar-refractivity contribution in [2.75, 3.05) is 0 Å². The van der Waals surface area contributed by atoms with Crippen LogP contribution in [0.2, 0.25) is 0 Å². The van der Waals surface area contributed by atoms with Crippen molar-refractivity contribution in [1.82, 2.24) is 4.72 Å². The van der Waals surface area contributed by atoms with Crippen LogP contribution in [0.1, 0.15) is 25.8 Å². The Hall–Kier alpha value is -1.21. The van der Waals surface area contributed by atoms with Crippen molar-refractivity contribution in [3.63, 3.8) is 0 Å². The van der Waals surface area contributed by atoms with E-state index in [0.29, 0.717) is 10.6 Å². The molecular formula is C16H22N2O2S2. The molecule has 22 heavy (non-hydrogen) atoms. The van der Waals surface area contributed by atoms with Gasteiger partial charge < -0.3 is 5.73 Å². The SMILES string of the molecule is CC(C)C(N)(CCc1ccccc1)NS(=O)(=O)c1cccs1. The zero-order valence-electron chi connectivity index (χ0n) is 12.8. The minimum Gasteiger partial charge on any atom is -0.312 e. The Labute approximate surface area is 136 Å². The van der Waals surface area contributed by atoms with Crippen LogP contribution in [0.5, 0.6) is 0 Å². The number of nitrogens with two attached hydrogens (primary N) is 1. The third-order valence-electron chi connectivity index (χ3n) is 3.78. The summed E-state index contributed by atoms with van der Waals surface area (Å²) in [5.41, 5.74) is 6.57. The van der Waals surface area contributed by atoms with Gasteiger partial charge in [-0.2, -0.15) is 4.72 Å². The first-order chi connectivity index (χ1) is 10.3. The van der Waals surface area contributed by atoms with E-state index >= 15 is 0 Å². The molecular weight excluding hydrogens is 316 g/mol. The van der Waals surface area contributed by atoms with Gasteiger partial charge in [0.15, 0.2) is 0 Å². The molecule has 4 nitrogen and oxygen atoms in total. The third-order valence-corrected chi connectivity index (χ3v) is 6.71. The van der Waals surface area contributed by atoms with Crippen LogP contribution in [0.15, 0.2) is 52.1 Å². The quantitative estimate of drug-likeness (QED) is 0.762. The maximum absolute atomic E-state index is 12.4. The zero-order chi connectivity index (χ0) is 16.2. The van der Waals surface area contributed by atoms with Crippen LogP contribution in [-0.4, -0.2) is 14.1 Å². The molecule has 1 atom stereocenters. The van der Waals surface area contributed by atoms with Crippen molar-refractivity contribution in [2.45, 2.75) is 36.6 Å². The number of nitrogens with one attached hydrogen (secondary N) is 1. The van der Waals surface area contributed by atoms with Gasteiger partial charge >= 0.3 is 0 Å². The molecule has 0 saturated heterocycles. The van der Waals surface area contributed by atoms with E-state index in [1.54, 1.807) is 17.5 Å². The molecule has 1 heterocycles. The van der Waals surface area contributed by atoms with E-state index < -0.39 is 15.7 Å². The highest BCUT2D eigenvalue weighted by Crippen LogP contribution is 2.23. The number of thiophene rings is 1. The van der Waals surface area contributed by atoms with E-state index in [2.05, 4.69) is 4.72 Å². The summed E-state index contributed by atoms with van der Waals surface area (Å²) in [5.74, 6) is -0.0223. The molecule has 0 fully saturated rings. The van der Waals surface area contributed by atoms with E-state index in [1.807, 2.05) is 44.2 Å². The van der Waals surface area contributed by atoms with E-state index in [1.165, 1.54) is 11.3 Å². The Morgan fingerprint density at radius 3 is 2.41 bits per heavy atom. The molecule has 0 bridgehead atoms. The fourth-order valence-electron chi connectivity index (χ4n) is 2.17. The summed E-state index contributed by atoms with van der Waals surface area (Å²) >= 11 is 1.19. The van der Waals surface area contributed by atoms with Gasteiger partial charge in [-0.15, -0.1) is 11.3 Å². The largest absolute Gasteiger partial charge is 0.312 e. The molecule has 6 heteroatoms. The molecule has 120 valence electrons. The van der Waals surface area contributed by atoms with Gasteiger partial charge in [0, 0.05) is 0 Å². The van der Waals surface area contributed by atoms with Crippen molar-refractivity contribution in [3.8, 4) is 0 Å². The molecule has 0 spiro atoms. The molecule has 1 unspecified atom stereocenters. The summed E-state index contributed by atoms with van der Waals surface area (Å²) in [6.07, 6.45) is 1.27. The minimum absolute atomic E-state index is 0.0223. The lowest BCUT2D eigenvalue weighted by atomic mass is 9.91. The van der Waals surface area contributed by atoms with Gasteiger partial charge in [0.2, 0.25) is 0 Å². The molecule has 1 aromatic heterocycles. The molecule has 2 aromatic rings. The second-order valence-electron chi connectivity index (χ2n) is 5.72. The van der Waals surface area contributed by atoms with Gasteiger partial charge in [0.25, 0.3) is 10.0 Å². The van der Waals surface area contributed by atoms with E-state index in [0.717, 1.165) is 12.0 Å². The highest BCUT2D eigenvalue weighted by Gasteiger charge is 2.34. The summed E-state index contributed by atoms with van der Waals surface area (Å²) in [4.78, 5) is 0. The zero-order valence-corrected chi connectivity index (χ0v) is 14.5. The van der Waals surface area contributed by atoms with Crippen LogP contribution in [0, 0.1) is 5.92 Å². The van der Waals surface area contributed by atoms with Gasteiger partial charge in [0.05, 0.1) is 5.66 Å². The summed E-state index contributed by atoms with van der Waals surface area (Å²) in [5, 5.41) is 1.74. The Morgan fingerprint density at radius 2 is 1.86 bits per heavy atom. The van der Waals surface area contributed by atoms with Crippen LogP contribution in [-0.2, 0) is 16.4 Å². The van der Waals surface area contributed by atoms with Crippen molar-refractivity contribution < 1.29 is 8.42 Å². The molecule has 1 aromatic carbocycles. The predicted octanol–water partition coefficient (Wildman–Crippen LogP) is 2.97. The number of benzene rings is 1. The first-order valence-electron chi connectivity index (χ1n) is 7.24. The van der Waals surface area contributed by atoms with Crippen molar-refractivity contribution in [2.24, 2.45) is 11.7 Å². The average molecular weight is 338 g/mol. The van der Waals surface area contributed by atoms with Gasteiger partial charge in [-0.3, -0.25) is 0 Å². The predicted molar refractivity (Wildman–Crippen MR) is 91.2 cm³/mol. The van der Waals surface area contributed by atoms with Crippen LogP contribution in [0.3, 0.4) is 0 Å². The summed E-state index contributed by atoms with van der Waals surface area (Å²) in [7, 11) is -3.58. The summed E-state index contributed by atoms with van der Waals surface area (Å²) in [6, 6.07) is 13.3. The first kappa shape index (κ1) is 17.1. The third kappa shape index (κ3) is 4.16.